The molecule has 0 unspecified atom stereocenters. The maximum atomic E-state index is 12.6. The van der Waals surface area contributed by atoms with Crippen LogP contribution in [0, 0.1) is 0 Å². The first-order chi connectivity index (χ1) is 13.9. The molecule has 0 amide bonds. The zero-order valence-electron chi connectivity index (χ0n) is 15.8. The summed E-state index contributed by atoms with van der Waals surface area (Å²) in [5, 5.41) is 8.95. The van der Waals surface area contributed by atoms with Crippen LogP contribution in [0.25, 0.3) is 0 Å². The third kappa shape index (κ3) is 5.36. The second-order valence-corrected chi connectivity index (χ2v) is 8.17. The van der Waals surface area contributed by atoms with E-state index in [4.69, 9.17) is 9.84 Å². The number of carboxylic acids is 1. The number of carbonyl (C=O) groups is 1. The molecule has 0 aromatic heterocycles. The van der Waals surface area contributed by atoms with Crippen molar-refractivity contribution in [1.29, 1.82) is 0 Å². The van der Waals surface area contributed by atoms with E-state index in [0.717, 1.165) is 11.1 Å². The number of hydrogen-bond acceptors (Lipinski definition) is 4. The van der Waals surface area contributed by atoms with E-state index in [1.165, 1.54) is 19.2 Å². The van der Waals surface area contributed by atoms with Crippen LogP contribution in [0.1, 0.15) is 21.5 Å². The summed E-state index contributed by atoms with van der Waals surface area (Å²) in [5.74, 6) is -0.365. The van der Waals surface area contributed by atoms with Gasteiger partial charge < -0.3 is 9.84 Å². The Morgan fingerprint density at radius 2 is 1.59 bits per heavy atom. The number of nitrogens with one attached hydrogen (secondary N) is 1. The Morgan fingerprint density at radius 3 is 2.21 bits per heavy atom. The minimum absolute atomic E-state index is 0.155. The first kappa shape index (κ1) is 20.4. The predicted molar refractivity (Wildman–Crippen MR) is 111 cm³/mol. The van der Waals surface area contributed by atoms with E-state index in [9.17, 15) is 13.2 Å². The Kier molecular flexibility index (Phi) is 6.19. The molecular weight excluding hydrogens is 390 g/mol. The summed E-state index contributed by atoms with van der Waals surface area (Å²) in [7, 11) is -2.17. The molecule has 7 heteroatoms. The highest BCUT2D eigenvalue weighted by Crippen LogP contribution is 2.20. The molecule has 3 aromatic carbocycles. The summed E-state index contributed by atoms with van der Waals surface area (Å²) in [4.78, 5) is 11.1. The summed E-state index contributed by atoms with van der Waals surface area (Å²) in [6.45, 7) is 0. The lowest BCUT2D eigenvalue weighted by molar-refractivity contribution is 0.0697. The van der Waals surface area contributed by atoms with Crippen LogP contribution >= 0.6 is 0 Å². The molecule has 6 nitrogen and oxygen atoms in total. The van der Waals surface area contributed by atoms with E-state index < -0.39 is 16.0 Å². The van der Waals surface area contributed by atoms with Crippen molar-refractivity contribution >= 4 is 21.7 Å². The number of sulfonamides is 1. The second-order valence-electron chi connectivity index (χ2n) is 6.48. The molecule has 0 aliphatic rings. The zero-order chi connectivity index (χ0) is 20.9. The maximum absolute atomic E-state index is 12.6. The lowest BCUT2D eigenvalue weighted by atomic mass is 10.0. The Morgan fingerprint density at radius 1 is 0.931 bits per heavy atom. The van der Waals surface area contributed by atoms with E-state index >= 15 is 0 Å². The van der Waals surface area contributed by atoms with Crippen molar-refractivity contribution in [2.24, 2.45) is 0 Å². The van der Waals surface area contributed by atoms with Gasteiger partial charge in [0.2, 0.25) is 0 Å². The van der Waals surface area contributed by atoms with E-state index in [-0.39, 0.29) is 10.5 Å². The van der Waals surface area contributed by atoms with Crippen LogP contribution in [-0.2, 0) is 22.9 Å². The highest BCUT2D eigenvalue weighted by molar-refractivity contribution is 7.92. The van der Waals surface area contributed by atoms with Gasteiger partial charge in [0, 0.05) is 5.69 Å². The van der Waals surface area contributed by atoms with Gasteiger partial charge in [-0.15, -0.1) is 0 Å². The van der Waals surface area contributed by atoms with Crippen LogP contribution < -0.4 is 9.46 Å². The number of anilines is 1. The summed E-state index contributed by atoms with van der Waals surface area (Å²) < 4.78 is 32.8. The fraction of sp³-hybridized carbons (Fsp3) is 0.136. The van der Waals surface area contributed by atoms with Crippen molar-refractivity contribution in [3.63, 3.8) is 0 Å². The second kappa shape index (κ2) is 8.79. The molecule has 0 fully saturated rings. The van der Waals surface area contributed by atoms with Crippen molar-refractivity contribution in [3.05, 3.63) is 89.5 Å². The molecule has 0 bridgehead atoms. The average molecular weight is 411 g/mol. The number of methoxy groups -OCH3 is 1. The van der Waals surface area contributed by atoms with Crippen LogP contribution in [0.15, 0.2) is 77.7 Å². The van der Waals surface area contributed by atoms with Gasteiger partial charge in [0.1, 0.15) is 5.75 Å². The lowest BCUT2D eigenvalue weighted by Gasteiger charge is -2.10. The van der Waals surface area contributed by atoms with Crippen LogP contribution in [0.2, 0.25) is 0 Å². The third-order valence-corrected chi connectivity index (χ3v) is 5.85. The molecule has 150 valence electrons. The van der Waals surface area contributed by atoms with Crippen molar-refractivity contribution < 1.29 is 23.1 Å². The van der Waals surface area contributed by atoms with Crippen LogP contribution in [0.4, 0.5) is 5.69 Å². The number of rotatable bonds is 8. The van der Waals surface area contributed by atoms with Gasteiger partial charge in [0.25, 0.3) is 10.0 Å². The van der Waals surface area contributed by atoms with Crippen LogP contribution in [0.3, 0.4) is 0 Å². The molecular formula is C22H21NO5S. The zero-order valence-corrected chi connectivity index (χ0v) is 16.6. The number of benzene rings is 3. The third-order valence-electron chi connectivity index (χ3n) is 4.45. The minimum Gasteiger partial charge on any atom is -0.497 e. The average Bonchev–Trinajstić information content (AvgIpc) is 2.72. The van der Waals surface area contributed by atoms with Gasteiger partial charge in [-0.3, -0.25) is 4.72 Å². The van der Waals surface area contributed by atoms with Crippen molar-refractivity contribution in [2.45, 2.75) is 17.7 Å². The number of ether oxygens (including phenoxy) is 1. The fourth-order valence-corrected chi connectivity index (χ4v) is 3.91. The first-order valence-corrected chi connectivity index (χ1v) is 10.4. The van der Waals surface area contributed by atoms with Crippen LogP contribution in [-0.4, -0.2) is 26.6 Å². The highest BCUT2D eigenvalue weighted by atomic mass is 32.2. The Hall–Kier alpha value is -3.32. The molecule has 2 N–H and O–H groups in total. The van der Waals surface area contributed by atoms with E-state index in [2.05, 4.69) is 4.72 Å². The van der Waals surface area contributed by atoms with Crippen molar-refractivity contribution in [3.8, 4) is 5.75 Å². The summed E-state index contributed by atoms with van der Waals surface area (Å²) in [6.07, 6.45) is 1.42. The molecule has 3 rings (SSSR count). The fourth-order valence-electron chi connectivity index (χ4n) is 2.86. The number of carboxylic acid groups (broad SMARTS) is 1. The largest absolute Gasteiger partial charge is 0.497 e. The number of hydrogen-bond donors (Lipinski definition) is 2. The standard InChI is InChI=1S/C22H21NO5S/c1-28-20-11-13-21(14-12-20)29(26,27)23-19-4-2-3-17(15-19)6-5-16-7-9-18(10-8-16)22(24)25/h2-4,7-15,23H,5-6H2,1H3,(H,24,25). The predicted octanol–water partition coefficient (Wildman–Crippen LogP) is 3.98. The number of aryl methyl sites for hydroxylation is 2. The highest BCUT2D eigenvalue weighted by Gasteiger charge is 2.14. The smallest absolute Gasteiger partial charge is 0.335 e. The Bertz CT molecular complexity index is 1090. The quantitative estimate of drug-likeness (QED) is 0.585. The Balaban J connectivity index is 1.67. The molecule has 0 aliphatic carbocycles. The van der Waals surface area contributed by atoms with Gasteiger partial charge in [-0.2, -0.15) is 0 Å². The van der Waals surface area contributed by atoms with Gasteiger partial charge in [0.05, 0.1) is 17.6 Å². The summed E-state index contributed by atoms with van der Waals surface area (Å²) in [6, 6.07) is 20.1. The molecule has 0 saturated carbocycles. The molecule has 0 spiro atoms. The van der Waals surface area contributed by atoms with Crippen molar-refractivity contribution in [2.75, 3.05) is 11.8 Å². The summed E-state index contributed by atoms with van der Waals surface area (Å²) >= 11 is 0. The summed E-state index contributed by atoms with van der Waals surface area (Å²) in [5.41, 5.74) is 2.73. The van der Waals surface area contributed by atoms with Gasteiger partial charge in [-0.1, -0.05) is 24.3 Å². The van der Waals surface area contributed by atoms with E-state index in [0.29, 0.717) is 24.3 Å². The molecule has 0 heterocycles. The van der Waals surface area contributed by atoms with Crippen molar-refractivity contribution in [1.82, 2.24) is 0 Å². The SMILES string of the molecule is COc1ccc(S(=O)(=O)Nc2cccc(CCc3ccc(C(=O)O)cc3)c2)cc1. The first-order valence-electron chi connectivity index (χ1n) is 8.95. The molecule has 0 atom stereocenters. The van der Waals surface area contributed by atoms with E-state index in [1.807, 2.05) is 6.07 Å². The number of aromatic carboxylic acids is 1. The normalized spacial score (nSPS) is 11.1. The van der Waals surface area contributed by atoms with Gasteiger partial charge >= 0.3 is 5.97 Å². The maximum Gasteiger partial charge on any atom is 0.335 e. The Labute approximate surface area is 169 Å². The van der Waals surface area contributed by atoms with Gasteiger partial charge in [-0.05, 0) is 72.5 Å². The minimum atomic E-state index is -3.70. The monoisotopic (exact) mass is 411 g/mol. The van der Waals surface area contributed by atoms with E-state index in [1.54, 1.807) is 54.6 Å². The van der Waals surface area contributed by atoms with Gasteiger partial charge in [0.15, 0.2) is 0 Å². The molecule has 29 heavy (non-hydrogen) atoms. The molecule has 3 aromatic rings. The molecule has 0 saturated heterocycles. The molecule has 0 radical (unpaired) electrons. The van der Waals surface area contributed by atoms with Gasteiger partial charge in [-0.25, -0.2) is 13.2 Å². The molecule has 0 aliphatic heterocycles. The van der Waals surface area contributed by atoms with Crippen LogP contribution in [0.5, 0.6) is 5.75 Å². The topological polar surface area (TPSA) is 92.7 Å². The lowest BCUT2D eigenvalue weighted by Crippen LogP contribution is -2.13.